The van der Waals surface area contributed by atoms with Crippen LogP contribution < -0.4 is 0 Å². The minimum atomic E-state index is -1.44. The third kappa shape index (κ3) is 1.49. The number of hydrogen-bond acceptors (Lipinski definition) is 4. The quantitative estimate of drug-likeness (QED) is 0.671. The highest BCUT2D eigenvalue weighted by Crippen LogP contribution is 2.16. The average molecular weight is 175 g/mol. The van der Waals surface area contributed by atoms with Crippen molar-refractivity contribution in [2.24, 2.45) is 0 Å². The lowest BCUT2D eigenvalue weighted by molar-refractivity contribution is 0.389. The van der Waals surface area contributed by atoms with E-state index in [0.29, 0.717) is 16.3 Å². The molecule has 0 radical (unpaired) electrons. The average Bonchev–Trinajstić information content (AvgIpc) is 2.30. The molecule has 1 heterocycles. The summed E-state index contributed by atoms with van der Waals surface area (Å²) in [6, 6.07) is 0. The van der Waals surface area contributed by atoms with E-state index in [1.807, 2.05) is 0 Å². The zero-order valence-corrected chi connectivity index (χ0v) is 7.40. The van der Waals surface area contributed by atoms with E-state index < -0.39 is 11.1 Å². The fourth-order valence-electron chi connectivity index (χ4n) is 0.796. The second-order valence-corrected chi connectivity index (χ2v) is 3.27. The Bertz CT molecular complexity index is 262. The molecule has 1 rings (SSSR count). The lowest BCUT2D eigenvalue weighted by Gasteiger charge is -1.94. The summed E-state index contributed by atoms with van der Waals surface area (Å²) >= 11 is -1.44. The lowest BCUT2D eigenvalue weighted by atomic mass is 10.4. The van der Waals surface area contributed by atoms with Crippen molar-refractivity contribution in [3.63, 3.8) is 0 Å². The maximum atomic E-state index is 11.1. The van der Waals surface area contributed by atoms with E-state index in [1.165, 1.54) is 7.11 Å². The summed E-state index contributed by atoms with van der Waals surface area (Å²) in [5.74, 6) is 0.544. The van der Waals surface area contributed by atoms with E-state index in [-0.39, 0.29) is 0 Å². The number of aryl methyl sites for hydroxylation is 2. The van der Waals surface area contributed by atoms with Gasteiger partial charge in [0.1, 0.15) is 4.90 Å². The van der Waals surface area contributed by atoms with Crippen molar-refractivity contribution in [2.45, 2.75) is 18.7 Å². The first-order valence-corrected chi connectivity index (χ1v) is 4.13. The van der Waals surface area contributed by atoms with Crippen LogP contribution in [0.4, 0.5) is 0 Å². The Morgan fingerprint density at radius 2 is 2.18 bits per heavy atom. The molecule has 0 spiro atoms. The molecular formula is C6H9NO3S. The van der Waals surface area contributed by atoms with Crippen LogP contribution in [-0.4, -0.2) is 16.5 Å². The first-order chi connectivity index (χ1) is 5.16. The smallest absolute Gasteiger partial charge is 0.194 e. The van der Waals surface area contributed by atoms with Crippen LogP contribution in [0.1, 0.15) is 11.5 Å². The van der Waals surface area contributed by atoms with Gasteiger partial charge in [0.15, 0.2) is 16.8 Å². The molecule has 0 aromatic carbocycles. The normalized spacial score (nSPS) is 13.4. The van der Waals surface area contributed by atoms with Crippen LogP contribution in [0, 0.1) is 13.8 Å². The Labute approximate surface area is 67.2 Å². The molecule has 11 heavy (non-hydrogen) atoms. The monoisotopic (exact) mass is 175 g/mol. The van der Waals surface area contributed by atoms with E-state index in [0.717, 1.165) is 0 Å². The molecule has 1 atom stereocenters. The van der Waals surface area contributed by atoms with Crippen LogP contribution >= 0.6 is 0 Å². The van der Waals surface area contributed by atoms with Crippen molar-refractivity contribution >= 4 is 11.1 Å². The van der Waals surface area contributed by atoms with Crippen LogP contribution in [0.3, 0.4) is 0 Å². The Morgan fingerprint density at radius 3 is 2.55 bits per heavy atom. The van der Waals surface area contributed by atoms with Gasteiger partial charge < -0.3 is 4.52 Å². The zero-order valence-electron chi connectivity index (χ0n) is 6.58. The van der Waals surface area contributed by atoms with E-state index >= 15 is 0 Å². The molecule has 0 aliphatic carbocycles. The minimum Gasteiger partial charge on any atom is -0.360 e. The Morgan fingerprint density at radius 1 is 1.55 bits per heavy atom. The van der Waals surface area contributed by atoms with Crippen molar-refractivity contribution in [1.82, 2.24) is 5.16 Å². The summed E-state index contributed by atoms with van der Waals surface area (Å²) in [6.07, 6.45) is 0. The molecule has 0 bridgehead atoms. The standard InChI is InChI=1S/C6H9NO3S/c1-4-6(11(8)9-3)5(2)10-7-4/h1-3H3. The van der Waals surface area contributed by atoms with Crippen LogP contribution in [0.2, 0.25) is 0 Å². The number of nitrogens with zero attached hydrogens (tertiary/aromatic N) is 1. The van der Waals surface area contributed by atoms with Crippen LogP contribution in [0.15, 0.2) is 9.42 Å². The molecule has 0 aliphatic heterocycles. The van der Waals surface area contributed by atoms with Gasteiger partial charge in [-0.25, -0.2) is 4.21 Å². The first kappa shape index (κ1) is 8.42. The molecular weight excluding hydrogens is 166 g/mol. The zero-order chi connectivity index (χ0) is 8.43. The van der Waals surface area contributed by atoms with E-state index in [2.05, 4.69) is 9.34 Å². The second-order valence-electron chi connectivity index (χ2n) is 2.05. The van der Waals surface area contributed by atoms with E-state index in [1.54, 1.807) is 13.8 Å². The highest BCUT2D eigenvalue weighted by molar-refractivity contribution is 7.80. The van der Waals surface area contributed by atoms with E-state index in [4.69, 9.17) is 4.52 Å². The Balaban J connectivity index is 3.10. The summed E-state index contributed by atoms with van der Waals surface area (Å²) in [7, 11) is 1.38. The first-order valence-electron chi connectivity index (χ1n) is 3.06. The Kier molecular flexibility index (Phi) is 2.41. The molecule has 1 aromatic rings. The third-order valence-corrected chi connectivity index (χ3v) is 2.50. The fraction of sp³-hybridized carbons (Fsp3) is 0.500. The number of hydrogen-bond donors (Lipinski definition) is 0. The largest absolute Gasteiger partial charge is 0.360 e. The molecule has 0 saturated heterocycles. The minimum absolute atomic E-state index is 0.535. The molecule has 0 saturated carbocycles. The molecule has 0 aliphatic rings. The molecule has 0 amide bonds. The molecule has 1 aromatic heterocycles. The van der Waals surface area contributed by atoms with Crippen LogP contribution in [-0.2, 0) is 15.3 Å². The van der Waals surface area contributed by atoms with E-state index in [9.17, 15) is 4.21 Å². The lowest BCUT2D eigenvalue weighted by Crippen LogP contribution is -1.95. The topological polar surface area (TPSA) is 52.3 Å². The van der Waals surface area contributed by atoms with Gasteiger partial charge in [-0.1, -0.05) is 5.16 Å². The summed E-state index contributed by atoms with van der Waals surface area (Å²) in [4.78, 5) is 0.535. The summed E-state index contributed by atoms with van der Waals surface area (Å²) in [6.45, 7) is 3.43. The van der Waals surface area contributed by atoms with Crippen molar-refractivity contribution in [3.05, 3.63) is 11.5 Å². The van der Waals surface area contributed by atoms with Gasteiger partial charge in [-0.2, -0.15) is 0 Å². The number of rotatable bonds is 2. The van der Waals surface area contributed by atoms with Gasteiger partial charge in [0, 0.05) is 0 Å². The van der Waals surface area contributed by atoms with Gasteiger partial charge in [0.25, 0.3) is 0 Å². The predicted molar refractivity (Wildman–Crippen MR) is 39.4 cm³/mol. The maximum Gasteiger partial charge on any atom is 0.194 e. The molecule has 1 unspecified atom stereocenters. The van der Waals surface area contributed by atoms with Gasteiger partial charge in [0.05, 0.1) is 12.8 Å². The molecule has 0 fully saturated rings. The second kappa shape index (κ2) is 3.15. The van der Waals surface area contributed by atoms with Crippen molar-refractivity contribution in [1.29, 1.82) is 0 Å². The molecule has 62 valence electrons. The van der Waals surface area contributed by atoms with Gasteiger partial charge in [-0.3, -0.25) is 4.18 Å². The van der Waals surface area contributed by atoms with Gasteiger partial charge in [-0.05, 0) is 13.8 Å². The predicted octanol–water partition coefficient (Wildman–Crippen LogP) is 0.960. The van der Waals surface area contributed by atoms with Crippen molar-refractivity contribution in [3.8, 4) is 0 Å². The van der Waals surface area contributed by atoms with Gasteiger partial charge in [0.2, 0.25) is 0 Å². The summed E-state index contributed by atoms with van der Waals surface area (Å²) in [5, 5.41) is 3.64. The third-order valence-electron chi connectivity index (χ3n) is 1.29. The van der Waals surface area contributed by atoms with Crippen LogP contribution in [0.25, 0.3) is 0 Å². The van der Waals surface area contributed by atoms with Gasteiger partial charge >= 0.3 is 0 Å². The maximum absolute atomic E-state index is 11.1. The Hall–Kier alpha value is -0.680. The van der Waals surface area contributed by atoms with Crippen molar-refractivity contribution < 1.29 is 12.9 Å². The van der Waals surface area contributed by atoms with Crippen LogP contribution in [0.5, 0.6) is 0 Å². The SMILES string of the molecule is COS(=O)c1c(C)noc1C. The fourth-order valence-corrected chi connectivity index (χ4v) is 1.51. The highest BCUT2D eigenvalue weighted by Gasteiger charge is 2.15. The van der Waals surface area contributed by atoms with Crippen molar-refractivity contribution in [2.75, 3.05) is 7.11 Å². The molecule has 4 nitrogen and oxygen atoms in total. The summed E-state index contributed by atoms with van der Waals surface area (Å²) < 4.78 is 20.5. The number of aromatic nitrogens is 1. The molecule has 5 heteroatoms. The molecule has 0 N–H and O–H groups in total. The van der Waals surface area contributed by atoms with Gasteiger partial charge in [-0.15, -0.1) is 0 Å². The summed E-state index contributed by atoms with van der Waals surface area (Å²) in [5.41, 5.74) is 0.614. The highest BCUT2D eigenvalue weighted by atomic mass is 32.2.